The molecule has 0 N–H and O–H groups in total. The van der Waals surface area contributed by atoms with E-state index in [1.54, 1.807) is 14.7 Å². The van der Waals surface area contributed by atoms with E-state index in [1.165, 1.54) is 0 Å². The van der Waals surface area contributed by atoms with Gasteiger partial charge in [0.2, 0.25) is 5.91 Å². The van der Waals surface area contributed by atoms with Crippen LogP contribution in [0.1, 0.15) is 39.2 Å². The topological polar surface area (TPSA) is 66.0 Å². The Balaban J connectivity index is 1.51. The maximum Gasteiger partial charge on any atom is 0.417 e. The number of rotatable bonds is 2. The maximum atomic E-state index is 12.9. The Morgan fingerprint density at radius 3 is 2.12 bits per heavy atom. The van der Waals surface area contributed by atoms with Gasteiger partial charge < -0.3 is 19.4 Å². The number of piperazine rings is 1. The highest BCUT2D eigenvalue weighted by Gasteiger charge is 2.35. The zero-order valence-corrected chi connectivity index (χ0v) is 19.2. The lowest BCUT2D eigenvalue weighted by molar-refractivity contribution is -0.138. The number of anilines is 1. The third kappa shape index (κ3) is 5.96. The molecular formula is C21H28ClF3N4O3. The molecule has 0 aliphatic carbocycles. The molecule has 7 nitrogen and oxygen atoms in total. The first kappa shape index (κ1) is 24.4. The van der Waals surface area contributed by atoms with Crippen LogP contribution in [0.4, 0.5) is 23.8 Å². The van der Waals surface area contributed by atoms with E-state index in [-0.39, 0.29) is 28.8 Å². The number of amides is 2. The third-order valence-electron chi connectivity index (χ3n) is 5.54. The molecule has 32 heavy (non-hydrogen) atoms. The smallest absolute Gasteiger partial charge is 0.417 e. The lowest BCUT2D eigenvalue weighted by Crippen LogP contribution is -2.52. The average Bonchev–Trinajstić information content (AvgIpc) is 2.71. The van der Waals surface area contributed by atoms with Crippen LogP contribution in [0.15, 0.2) is 12.3 Å². The third-order valence-corrected chi connectivity index (χ3v) is 5.81. The molecule has 2 fully saturated rings. The van der Waals surface area contributed by atoms with E-state index < -0.39 is 17.3 Å². The minimum atomic E-state index is -4.50. The van der Waals surface area contributed by atoms with Crippen LogP contribution >= 0.6 is 11.6 Å². The van der Waals surface area contributed by atoms with Crippen LogP contribution in [-0.2, 0) is 15.7 Å². The molecule has 0 unspecified atom stereocenters. The Bertz CT molecular complexity index is 844. The van der Waals surface area contributed by atoms with E-state index >= 15 is 0 Å². The average molecular weight is 477 g/mol. The molecule has 0 radical (unpaired) electrons. The second kappa shape index (κ2) is 9.33. The lowest BCUT2D eigenvalue weighted by Gasteiger charge is -2.39. The van der Waals surface area contributed by atoms with Gasteiger partial charge >= 0.3 is 12.3 Å². The number of carbonyl (C=O) groups excluding carboxylic acids is 2. The summed E-state index contributed by atoms with van der Waals surface area (Å²) in [7, 11) is 0. The summed E-state index contributed by atoms with van der Waals surface area (Å²) in [4.78, 5) is 34.2. The first-order chi connectivity index (χ1) is 14.8. The first-order valence-electron chi connectivity index (χ1n) is 10.6. The summed E-state index contributed by atoms with van der Waals surface area (Å²) in [5.41, 5.74) is -1.45. The number of ether oxygens (including phenoxy) is 1. The van der Waals surface area contributed by atoms with Crippen molar-refractivity contribution in [1.82, 2.24) is 14.8 Å². The van der Waals surface area contributed by atoms with Gasteiger partial charge in [0.05, 0.1) is 10.6 Å². The number of nitrogens with zero attached hydrogens (tertiary/aromatic N) is 4. The summed E-state index contributed by atoms with van der Waals surface area (Å²) >= 11 is 6.04. The van der Waals surface area contributed by atoms with E-state index in [0.717, 1.165) is 12.3 Å². The SMILES string of the molecule is CC(C)(C)OC(=O)N1CCC(C(=O)N2CCN(c3ncc(C(F)(F)F)cc3Cl)CC2)CC1. The molecule has 3 heterocycles. The normalized spacial score (nSPS) is 18.7. The number of hydrogen-bond donors (Lipinski definition) is 0. The summed E-state index contributed by atoms with van der Waals surface area (Å²) in [6, 6.07) is 0.875. The van der Waals surface area contributed by atoms with Gasteiger partial charge in [0.25, 0.3) is 0 Å². The Kier molecular flexibility index (Phi) is 7.12. The summed E-state index contributed by atoms with van der Waals surface area (Å²) in [6.07, 6.45) is -2.94. The van der Waals surface area contributed by atoms with Gasteiger partial charge in [-0.2, -0.15) is 13.2 Å². The predicted molar refractivity (Wildman–Crippen MR) is 114 cm³/mol. The zero-order valence-electron chi connectivity index (χ0n) is 18.4. The second-order valence-corrected chi connectivity index (χ2v) is 9.49. The van der Waals surface area contributed by atoms with Gasteiger partial charge in [0.1, 0.15) is 11.4 Å². The van der Waals surface area contributed by atoms with Gasteiger partial charge in [0.15, 0.2) is 0 Å². The van der Waals surface area contributed by atoms with Crippen molar-refractivity contribution in [3.05, 3.63) is 22.8 Å². The fraction of sp³-hybridized carbons (Fsp3) is 0.667. The fourth-order valence-corrected chi connectivity index (χ4v) is 4.14. The molecule has 0 spiro atoms. The van der Waals surface area contributed by atoms with Crippen molar-refractivity contribution < 1.29 is 27.5 Å². The van der Waals surface area contributed by atoms with Crippen molar-refractivity contribution in [3.63, 3.8) is 0 Å². The van der Waals surface area contributed by atoms with Crippen molar-refractivity contribution in [2.45, 2.75) is 45.4 Å². The lowest BCUT2D eigenvalue weighted by atomic mass is 9.95. The number of halogens is 4. The van der Waals surface area contributed by atoms with E-state index in [4.69, 9.17) is 16.3 Å². The summed E-state index contributed by atoms with van der Waals surface area (Å²) in [5.74, 6) is 0.172. The van der Waals surface area contributed by atoms with Gasteiger partial charge in [-0.05, 0) is 39.7 Å². The number of piperidine rings is 1. The van der Waals surface area contributed by atoms with Crippen LogP contribution in [0.25, 0.3) is 0 Å². The van der Waals surface area contributed by atoms with Crippen LogP contribution in [0, 0.1) is 5.92 Å². The first-order valence-corrected chi connectivity index (χ1v) is 11.0. The largest absolute Gasteiger partial charge is 0.444 e. The minimum Gasteiger partial charge on any atom is -0.444 e. The Labute approximate surface area is 190 Å². The monoisotopic (exact) mass is 476 g/mol. The van der Waals surface area contributed by atoms with Gasteiger partial charge in [-0.15, -0.1) is 0 Å². The molecule has 0 bridgehead atoms. The van der Waals surface area contributed by atoms with Crippen LogP contribution in [0.2, 0.25) is 5.02 Å². The molecule has 3 rings (SSSR count). The maximum absolute atomic E-state index is 12.9. The number of carbonyl (C=O) groups is 2. The van der Waals surface area contributed by atoms with Crippen LogP contribution in [0.5, 0.6) is 0 Å². The van der Waals surface area contributed by atoms with Crippen molar-refractivity contribution >= 4 is 29.4 Å². The van der Waals surface area contributed by atoms with Crippen molar-refractivity contribution in [1.29, 1.82) is 0 Å². The van der Waals surface area contributed by atoms with Crippen LogP contribution in [0.3, 0.4) is 0 Å². The molecule has 0 atom stereocenters. The Hall–Kier alpha value is -2.23. The quantitative estimate of drug-likeness (QED) is 0.644. The molecular weight excluding hydrogens is 449 g/mol. The minimum absolute atomic E-state index is 0.0416. The predicted octanol–water partition coefficient (Wildman–Crippen LogP) is 4.05. The fourth-order valence-electron chi connectivity index (χ4n) is 3.85. The summed E-state index contributed by atoms with van der Waals surface area (Å²) in [5, 5.41) is -0.0610. The molecule has 11 heteroatoms. The van der Waals surface area contributed by atoms with Gasteiger partial charge in [-0.3, -0.25) is 4.79 Å². The second-order valence-electron chi connectivity index (χ2n) is 9.08. The molecule has 2 saturated heterocycles. The van der Waals surface area contributed by atoms with Crippen molar-refractivity contribution in [2.24, 2.45) is 5.92 Å². The molecule has 2 aliphatic rings. The zero-order chi connectivity index (χ0) is 23.7. The van der Waals surface area contributed by atoms with Gasteiger partial charge in [-0.1, -0.05) is 11.6 Å². The molecule has 2 amide bonds. The van der Waals surface area contributed by atoms with Crippen LogP contribution < -0.4 is 4.90 Å². The molecule has 0 aromatic carbocycles. The molecule has 178 valence electrons. The number of pyridine rings is 1. The molecule has 1 aromatic heterocycles. The van der Waals surface area contributed by atoms with E-state index in [9.17, 15) is 22.8 Å². The van der Waals surface area contributed by atoms with E-state index in [1.807, 2.05) is 20.8 Å². The number of likely N-dealkylation sites (tertiary alicyclic amines) is 1. The number of alkyl halides is 3. The highest BCUT2D eigenvalue weighted by molar-refractivity contribution is 6.33. The van der Waals surface area contributed by atoms with E-state index in [0.29, 0.717) is 52.1 Å². The van der Waals surface area contributed by atoms with Gasteiger partial charge in [0, 0.05) is 51.4 Å². The number of aromatic nitrogens is 1. The Morgan fingerprint density at radius 2 is 1.62 bits per heavy atom. The molecule has 1 aromatic rings. The summed E-state index contributed by atoms with van der Waals surface area (Å²) < 4.78 is 43.8. The van der Waals surface area contributed by atoms with Crippen molar-refractivity contribution in [2.75, 3.05) is 44.2 Å². The number of hydrogen-bond acceptors (Lipinski definition) is 5. The molecule has 0 saturated carbocycles. The standard InChI is InChI=1S/C21H28ClF3N4O3/c1-20(2,3)32-19(31)29-6-4-14(5-7-29)18(30)28-10-8-27(9-11-28)17-16(22)12-15(13-26-17)21(23,24)25/h12-14H,4-11H2,1-3H3. The Morgan fingerprint density at radius 1 is 1.03 bits per heavy atom. The van der Waals surface area contributed by atoms with E-state index in [2.05, 4.69) is 4.98 Å². The summed E-state index contributed by atoms with van der Waals surface area (Å²) in [6.45, 7) is 8.11. The highest BCUT2D eigenvalue weighted by Crippen LogP contribution is 2.34. The molecule has 2 aliphatic heterocycles. The van der Waals surface area contributed by atoms with Crippen molar-refractivity contribution in [3.8, 4) is 0 Å². The van der Waals surface area contributed by atoms with Gasteiger partial charge in [-0.25, -0.2) is 9.78 Å². The van der Waals surface area contributed by atoms with Crippen LogP contribution in [-0.4, -0.2) is 71.7 Å². The highest BCUT2D eigenvalue weighted by atomic mass is 35.5.